The van der Waals surface area contributed by atoms with Crippen LogP contribution in [-0.4, -0.2) is 16.7 Å². The van der Waals surface area contributed by atoms with E-state index in [-0.39, 0.29) is 23.7 Å². The van der Waals surface area contributed by atoms with Crippen LogP contribution in [0.2, 0.25) is 0 Å². The second kappa shape index (κ2) is 4.65. The number of nitrogens with zero attached hydrogens (tertiary/aromatic N) is 1. The third kappa shape index (κ3) is 2.09. The molecule has 3 rings (SSSR count). The van der Waals surface area contributed by atoms with Gasteiger partial charge in [0, 0.05) is 0 Å². The first-order valence-corrected chi connectivity index (χ1v) is 6.72. The molecule has 1 fully saturated rings. The van der Waals surface area contributed by atoms with Crippen LogP contribution in [0.15, 0.2) is 36.4 Å². The van der Waals surface area contributed by atoms with Crippen LogP contribution in [-0.2, 0) is 16.1 Å². The first-order chi connectivity index (χ1) is 9.16. The number of aryl methyl sites for hydroxylation is 1. The summed E-state index contributed by atoms with van der Waals surface area (Å²) in [6, 6.07) is 7.97. The molecule has 0 spiro atoms. The fourth-order valence-corrected chi connectivity index (χ4v) is 3.02. The number of likely N-dealkylation sites (tertiary alicyclic amines) is 1. The minimum atomic E-state index is -0.123. The van der Waals surface area contributed by atoms with Crippen molar-refractivity contribution >= 4 is 11.8 Å². The van der Waals surface area contributed by atoms with Crippen LogP contribution in [0.3, 0.4) is 0 Å². The van der Waals surface area contributed by atoms with Crippen LogP contribution in [0.1, 0.15) is 24.0 Å². The minimum absolute atomic E-state index is 0.000793. The fraction of sp³-hybridized carbons (Fsp3) is 0.375. The molecule has 3 heteroatoms. The molecule has 1 aromatic carbocycles. The number of benzene rings is 1. The van der Waals surface area contributed by atoms with Crippen molar-refractivity contribution in [2.45, 2.75) is 26.3 Å². The average Bonchev–Trinajstić information content (AvgIpc) is 2.65. The quantitative estimate of drug-likeness (QED) is 0.601. The second-order valence-corrected chi connectivity index (χ2v) is 5.41. The lowest BCUT2D eigenvalue weighted by Crippen LogP contribution is -2.30. The van der Waals surface area contributed by atoms with E-state index >= 15 is 0 Å². The highest BCUT2D eigenvalue weighted by atomic mass is 16.2. The van der Waals surface area contributed by atoms with E-state index in [1.54, 1.807) is 0 Å². The lowest BCUT2D eigenvalue weighted by atomic mass is 9.85. The van der Waals surface area contributed by atoms with Gasteiger partial charge in [-0.3, -0.25) is 14.5 Å². The lowest BCUT2D eigenvalue weighted by Gasteiger charge is -2.15. The molecule has 1 heterocycles. The van der Waals surface area contributed by atoms with Gasteiger partial charge in [0.15, 0.2) is 0 Å². The first kappa shape index (κ1) is 12.2. The Balaban J connectivity index is 1.82. The molecule has 0 N–H and O–H groups in total. The summed E-state index contributed by atoms with van der Waals surface area (Å²) in [5.74, 6) is -0.244. The molecule has 0 aromatic heterocycles. The molecule has 0 unspecified atom stereocenters. The molecule has 19 heavy (non-hydrogen) atoms. The number of fused-ring (bicyclic) bond motifs is 1. The molecule has 1 saturated heterocycles. The molecular weight excluding hydrogens is 238 g/mol. The van der Waals surface area contributed by atoms with Crippen molar-refractivity contribution < 1.29 is 9.59 Å². The van der Waals surface area contributed by atoms with Gasteiger partial charge in [0.05, 0.1) is 18.4 Å². The molecule has 1 aliphatic heterocycles. The molecule has 2 amide bonds. The monoisotopic (exact) mass is 255 g/mol. The molecular formula is C16H17NO2. The fourth-order valence-electron chi connectivity index (χ4n) is 3.02. The summed E-state index contributed by atoms with van der Waals surface area (Å²) in [5, 5.41) is 0. The van der Waals surface area contributed by atoms with Gasteiger partial charge in [0.2, 0.25) is 11.8 Å². The largest absolute Gasteiger partial charge is 0.278 e. The van der Waals surface area contributed by atoms with E-state index in [9.17, 15) is 9.59 Å². The van der Waals surface area contributed by atoms with Gasteiger partial charge in [-0.2, -0.15) is 0 Å². The van der Waals surface area contributed by atoms with Crippen LogP contribution in [0.25, 0.3) is 0 Å². The van der Waals surface area contributed by atoms with Crippen LogP contribution < -0.4 is 0 Å². The number of imide groups is 1. The van der Waals surface area contributed by atoms with Gasteiger partial charge in [-0.1, -0.05) is 42.0 Å². The van der Waals surface area contributed by atoms with Crippen LogP contribution >= 0.6 is 0 Å². The summed E-state index contributed by atoms with van der Waals surface area (Å²) in [7, 11) is 0. The number of carbonyl (C=O) groups is 2. The third-order valence-corrected chi connectivity index (χ3v) is 4.02. The molecule has 2 atom stereocenters. The maximum absolute atomic E-state index is 12.3. The standard InChI is InChI=1S/C16H17NO2/c1-11-5-4-6-12(9-11)10-17-15(18)13-7-2-3-8-14(13)16(17)19/h2-6,9,13-14H,7-8,10H2,1H3/t13-,14-/m0/s1. The first-order valence-electron chi connectivity index (χ1n) is 6.72. The smallest absolute Gasteiger partial charge is 0.233 e. The predicted molar refractivity (Wildman–Crippen MR) is 72.1 cm³/mol. The van der Waals surface area contributed by atoms with Crippen molar-refractivity contribution in [3.05, 3.63) is 47.5 Å². The van der Waals surface area contributed by atoms with E-state index in [1.165, 1.54) is 4.90 Å². The predicted octanol–water partition coefficient (Wildman–Crippen LogP) is 2.45. The van der Waals surface area contributed by atoms with Crippen molar-refractivity contribution in [1.29, 1.82) is 0 Å². The van der Waals surface area contributed by atoms with Gasteiger partial charge in [-0.25, -0.2) is 0 Å². The van der Waals surface area contributed by atoms with Gasteiger partial charge >= 0.3 is 0 Å². The maximum Gasteiger partial charge on any atom is 0.233 e. The van der Waals surface area contributed by atoms with Crippen molar-refractivity contribution in [3.63, 3.8) is 0 Å². The second-order valence-electron chi connectivity index (χ2n) is 5.41. The SMILES string of the molecule is Cc1cccc(CN2C(=O)[C@H]3CC=CC[C@@H]3C2=O)c1. The number of hydrogen-bond donors (Lipinski definition) is 0. The van der Waals surface area contributed by atoms with E-state index in [0.717, 1.165) is 11.1 Å². The molecule has 2 aliphatic rings. The molecule has 0 bridgehead atoms. The Hall–Kier alpha value is -1.90. The molecule has 98 valence electrons. The van der Waals surface area contributed by atoms with Gasteiger partial charge in [-0.05, 0) is 25.3 Å². The normalized spacial score (nSPS) is 25.8. The number of amides is 2. The van der Waals surface area contributed by atoms with Gasteiger partial charge < -0.3 is 0 Å². The van der Waals surface area contributed by atoms with Crippen molar-refractivity contribution in [1.82, 2.24) is 4.90 Å². The third-order valence-electron chi connectivity index (χ3n) is 4.02. The van der Waals surface area contributed by atoms with Gasteiger partial charge in [0.1, 0.15) is 0 Å². The minimum Gasteiger partial charge on any atom is -0.278 e. The Morgan fingerprint density at radius 3 is 2.32 bits per heavy atom. The number of rotatable bonds is 2. The Bertz CT molecular complexity index is 536. The van der Waals surface area contributed by atoms with Crippen molar-refractivity contribution in [2.24, 2.45) is 11.8 Å². The highest BCUT2D eigenvalue weighted by molar-refractivity contribution is 6.05. The molecule has 3 nitrogen and oxygen atoms in total. The summed E-state index contributed by atoms with van der Waals surface area (Å²) in [5.41, 5.74) is 2.17. The average molecular weight is 255 g/mol. The Kier molecular flexibility index (Phi) is 2.97. The molecule has 0 radical (unpaired) electrons. The van der Waals surface area contributed by atoms with Crippen LogP contribution in [0.4, 0.5) is 0 Å². The summed E-state index contributed by atoms with van der Waals surface area (Å²) in [6.45, 7) is 2.42. The molecule has 1 aromatic rings. The topological polar surface area (TPSA) is 37.4 Å². The van der Waals surface area contributed by atoms with Crippen molar-refractivity contribution in [2.75, 3.05) is 0 Å². The summed E-state index contributed by atoms with van der Waals surface area (Å²) in [6.07, 6.45) is 5.45. The van der Waals surface area contributed by atoms with E-state index in [0.29, 0.717) is 19.4 Å². The summed E-state index contributed by atoms with van der Waals surface area (Å²) in [4.78, 5) is 26.1. The molecule has 0 saturated carbocycles. The van der Waals surface area contributed by atoms with Crippen molar-refractivity contribution in [3.8, 4) is 0 Å². The highest BCUT2D eigenvalue weighted by Crippen LogP contribution is 2.35. The van der Waals surface area contributed by atoms with E-state index < -0.39 is 0 Å². The Morgan fingerprint density at radius 1 is 1.11 bits per heavy atom. The van der Waals surface area contributed by atoms with E-state index in [2.05, 4.69) is 0 Å². The lowest BCUT2D eigenvalue weighted by molar-refractivity contribution is -0.140. The summed E-state index contributed by atoms with van der Waals surface area (Å²) < 4.78 is 0. The van der Waals surface area contributed by atoms with Gasteiger partial charge in [-0.15, -0.1) is 0 Å². The zero-order chi connectivity index (χ0) is 13.4. The highest BCUT2D eigenvalue weighted by Gasteiger charge is 2.46. The zero-order valence-electron chi connectivity index (χ0n) is 11.0. The molecule has 1 aliphatic carbocycles. The summed E-state index contributed by atoms with van der Waals surface area (Å²) >= 11 is 0. The number of hydrogen-bond acceptors (Lipinski definition) is 2. The Labute approximate surface area is 112 Å². The number of carbonyl (C=O) groups excluding carboxylic acids is 2. The number of allylic oxidation sites excluding steroid dienone is 2. The Morgan fingerprint density at radius 2 is 1.74 bits per heavy atom. The van der Waals surface area contributed by atoms with Crippen LogP contribution in [0, 0.1) is 18.8 Å². The van der Waals surface area contributed by atoms with E-state index in [4.69, 9.17) is 0 Å². The maximum atomic E-state index is 12.3. The van der Waals surface area contributed by atoms with Crippen LogP contribution in [0.5, 0.6) is 0 Å². The zero-order valence-corrected chi connectivity index (χ0v) is 11.0. The van der Waals surface area contributed by atoms with E-state index in [1.807, 2.05) is 43.3 Å². The van der Waals surface area contributed by atoms with Gasteiger partial charge in [0.25, 0.3) is 0 Å².